The van der Waals surface area contributed by atoms with Crippen LogP contribution in [0.4, 0.5) is 0 Å². The summed E-state index contributed by atoms with van der Waals surface area (Å²) in [6.07, 6.45) is 9.84. The van der Waals surface area contributed by atoms with Crippen LogP contribution < -0.4 is 0 Å². The Kier molecular flexibility index (Phi) is 6.98. The zero-order chi connectivity index (χ0) is 7.23. The molecule has 55 valence electrons. The molecule has 5 radical (unpaired) electrons. The Morgan fingerprint density at radius 1 is 1.55 bits per heavy atom. The van der Waals surface area contributed by atoms with Crippen LogP contribution in [0.25, 0.3) is 0 Å². The molecule has 0 amide bonds. The summed E-state index contributed by atoms with van der Waals surface area (Å²) >= 11 is 0. The van der Waals surface area contributed by atoms with E-state index in [1.807, 2.05) is 7.17 Å². The molecule has 0 spiro atoms. The van der Waals surface area contributed by atoms with Crippen molar-refractivity contribution >= 4 is 22.0 Å². The van der Waals surface area contributed by atoms with Gasteiger partial charge in [-0.05, 0) is 12.8 Å². The van der Waals surface area contributed by atoms with Crippen molar-refractivity contribution < 1.29 is 16.8 Å². The molecule has 0 atom stereocenters. The van der Waals surface area contributed by atoms with Gasteiger partial charge in [0.15, 0.2) is 0 Å². The van der Waals surface area contributed by atoms with Crippen LogP contribution in [-0.2, 0) is 16.8 Å². The minimum atomic E-state index is 0. The Morgan fingerprint density at radius 2 is 2.36 bits per heavy atom. The molecule has 1 rings (SSSR count). The number of allylic oxidation sites excluding steroid dienone is 4. The average molecular weight is 185 g/mol. The molecule has 0 heterocycles. The third-order valence-corrected chi connectivity index (χ3v) is 1.62. The monoisotopic (exact) mass is 185 g/mol. The summed E-state index contributed by atoms with van der Waals surface area (Å²) in [4.78, 5) is 0. The van der Waals surface area contributed by atoms with Gasteiger partial charge in [0, 0.05) is 31.6 Å². The van der Waals surface area contributed by atoms with Gasteiger partial charge in [0.25, 0.3) is 0 Å². The van der Waals surface area contributed by atoms with Gasteiger partial charge in [-0.15, -0.1) is 0 Å². The van der Waals surface area contributed by atoms with Crippen molar-refractivity contribution in [1.82, 2.24) is 0 Å². The van der Waals surface area contributed by atoms with Crippen molar-refractivity contribution in [2.45, 2.75) is 19.2 Å². The maximum atomic E-state index is 5.20. The van der Waals surface area contributed by atoms with E-state index in [0.29, 0.717) is 0 Å². The summed E-state index contributed by atoms with van der Waals surface area (Å²) in [6.45, 7) is 0. The van der Waals surface area contributed by atoms with Crippen molar-refractivity contribution in [3.05, 3.63) is 23.8 Å². The van der Waals surface area contributed by atoms with E-state index in [0.717, 1.165) is 19.2 Å². The number of hydrogen-bond acceptors (Lipinski definition) is 0. The second-order valence-electron chi connectivity index (χ2n) is 2.42. The van der Waals surface area contributed by atoms with Gasteiger partial charge < -0.3 is 0 Å². The smallest absolute Gasteiger partial charge is 0.0548 e. The third kappa shape index (κ3) is 4.59. The molecule has 11 heavy (non-hydrogen) atoms. The molecule has 0 aromatic heterocycles. The molecule has 0 aromatic rings. The van der Waals surface area contributed by atoms with Crippen LogP contribution in [0.2, 0.25) is 6.32 Å². The predicted molar refractivity (Wildman–Crippen MR) is 48.5 cm³/mol. The fourth-order valence-electron chi connectivity index (χ4n) is 1.04. The van der Waals surface area contributed by atoms with E-state index in [1.54, 1.807) is 7.06 Å². The van der Waals surface area contributed by atoms with Gasteiger partial charge in [-0.25, -0.2) is 0 Å². The normalized spacial score (nSPS) is 13.6. The summed E-state index contributed by atoms with van der Waals surface area (Å²) in [5, 5.41) is 0. The van der Waals surface area contributed by atoms with Gasteiger partial charge >= 0.3 is 0 Å². The van der Waals surface area contributed by atoms with Crippen molar-refractivity contribution in [2.75, 3.05) is 0 Å². The molecular weight excluding hydrogens is 175 g/mol. The Hall–Kier alpha value is 0.181. The SMILES string of the molecule is [B][B][B]CCC1=CC=CC1.[Co]. The third-order valence-electron chi connectivity index (χ3n) is 1.62. The first-order valence-corrected chi connectivity index (χ1v) is 3.65. The predicted octanol–water partition coefficient (Wildman–Crippen LogP) is 1.09. The molecule has 4 heteroatoms. The van der Waals surface area contributed by atoms with Crippen molar-refractivity contribution in [2.24, 2.45) is 0 Å². The zero-order valence-corrected chi connectivity index (χ0v) is 7.46. The first kappa shape index (κ1) is 11.2. The molecule has 1 aliphatic carbocycles. The average Bonchev–Trinajstić information content (AvgIpc) is 2.41. The Labute approximate surface area is 82.0 Å². The van der Waals surface area contributed by atoms with E-state index in [2.05, 4.69) is 18.2 Å². The standard InChI is InChI=1S/C7H9B3.Co/c8-10-9-6-5-7-3-1-2-4-7;/h1-3H,4-6H2;. The van der Waals surface area contributed by atoms with Crippen LogP contribution in [0.3, 0.4) is 0 Å². The Balaban J connectivity index is 0.000001000. The van der Waals surface area contributed by atoms with Gasteiger partial charge in [0.05, 0.1) is 7.17 Å². The van der Waals surface area contributed by atoms with E-state index >= 15 is 0 Å². The molecule has 0 fully saturated rings. The van der Waals surface area contributed by atoms with E-state index in [4.69, 9.17) is 7.74 Å². The minimum Gasteiger partial charge on any atom is -0.0858 e. The molecule has 0 aromatic carbocycles. The van der Waals surface area contributed by atoms with E-state index in [1.165, 1.54) is 5.57 Å². The van der Waals surface area contributed by atoms with E-state index < -0.39 is 0 Å². The largest absolute Gasteiger partial charge is 0.0858 e. The van der Waals surface area contributed by atoms with Gasteiger partial charge in [-0.1, -0.05) is 30.1 Å². The zero-order valence-electron chi connectivity index (χ0n) is 6.42. The first-order chi connectivity index (χ1) is 4.93. The molecule has 0 bridgehead atoms. The summed E-state index contributed by atoms with van der Waals surface area (Å²) in [7, 11) is 8.81. The van der Waals surface area contributed by atoms with Gasteiger partial charge in [-0.2, -0.15) is 0 Å². The molecule has 0 saturated carbocycles. The first-order valence-electron chi connectivity index (χ1n) is 3.65. The molecule has 0 N–H and O–H groups in total. The van der Waals surface area contributed by atoms with Crippen LogP contribution in [-0.4, -0.2) is 22.0 Å². The molecule has 1 aliphatic rings. The van der Waals surface area contributed by atoms with Gasteiger partial charge in [0.2, 0.25) is 0 Å². The second-order valence-corrected chi connectivity index (χ2v) is 2.42. The van der Waals surface area contributed by atoms with Crippen molar-refractivity contribution in [3.8, 4) is 0 Å². The van der Waals surface area contributed by atoms with Crippen molar-refractivity contribution in [1.29, 1.82) is 0 Å². The van der Waals surface area contributed by atoms with Gasteiger partial charge in [-0.3, -0.25) is 0 Å². The summed E-state index contributed by atoms with van der Waals surface area (Å²) in [6, 6.07) is 0. The molecule has 0 saturated heterocycles. The Morgan fingerprint density at radius 3 is 2.91 bits per heavy atom. The summed E-state index contributed by atoms with van der Waals surface area (Å²) in [5.41, 5.74) is 1.51. The summed E-state index contributed by atoms with van der Waals surface area (Å²) < 4.78 is 0. The van der Waals surface area contributed by atoms with E-state index in [-0.39, 0.29) is 16.8 Å². The van der Waals surface area contributed by atoms with Crippen LogP contribution in [0.15, 0.2) is 23.8 Å². The second kappa shape index (κ2) is 6.86. The number of hydrogen-bond donors (Lipinski definition) is 0. The maximum absolute atomic E-state index is 5.20. The quantitative estimate of drug-likeness (QED) is 0.453. The number of rotatable bonds is 4. The molecule has 0 aliphatic heterocycles. The van der Waals surface area contributed by atoms with Crippen molar-refractivity contribution in [3.63, 3.8) is 0 Å². The van der Waals surface area contributed by atoms with E-state index in [9.17, 15) is 0 Å². The van der Waals surface area contributed by atoms with Crippen LogP contribution in [0, 0.1) is 0 Å². The molecule has 0 unspecified atom stereocenters. The van der Waals surface area contributed by atoms with Gasteiger partial charge in [0.1, 0.15) is 0 Å². The fraction of sp³-hybridized carbons (Fsp3) is 0.429. The van der Waals surface area contributed by atoms with Crippen LogP contribution in [0.1, 0.15) is 12.8 Å². The molecule has 0 nitrogen and oxygen atoms in total. The Bertz CT molecular complexity index is 154. The van der Waals surface area contributed by atoms with Crippen LogP contribution >= 0.6 is 0 Å². The fourth-order valence-corrected chi connectivity index (χ4v) is 1.04. The minimum absolute atomic E-state index is 0. The van der Waals surface area contributed by atoms with Crippen LogP contribution in [0.5, 0.6) is 0 Å². The molecular formula is C7H9B3Co. The maximum Gasteiger partial charge on any atom is 0.0548 e. The topological polar surface area (TPSA) is 0 Å². The summed E-state index contributed by atoms with van der Waals surface area (Å²) in [5.74, 6) is 0.